The van der Waals surface area contributed by atoms with Gasteiger partial charge in [0.1, 0.15) is 5.82 Å². The molecule has 0 aromatic heterocycles. The first-order valence-electron chi connectivity index (χ1n) is 6.91. The van der Waals surface area contributed by atoms with Crippen LogP contribution in [0.4, 0.5) is 4.39 Å². The van der Waals surface area contributed by atoms with E-state index in [0.717, 1.165) is 29.8 Å². The summed E-state index contributed by atoms with van der Waals surface area (Å²) in [5.74, 6) is 3.51. The summed E-state index contributed by atoms with van der Waals surface area (Å²) in [7, 11) is 0. The monoisotopic (exact) mass is 299 g/mol. The molecule has 0 radical (unpaired) electrons. The van der Waals surface area contributed by atoms with Crippen molar-refractivity contribution in [2.75, 3.05) is 23.8 Å². The fourth-order valence-corrected chi connectivity index (χ4v) is 5.13. The van der Waals surface area contributed by atoms with E-state index < -0.39 is 0 Å². The molecule has 1 saturated heterocycles. The predicted molar refractivity (Wildman–Crippen MR) is 85.7 cm³/mol. The van der Waals surface area contributed by atoms with Crippen LogP contribution in [0.15, 0.2) is 18.2 Å². The molecule has 1 N–H and O–H groups in total. The Bertz CT molecular complexity index is 405. The lowest BCUT2D eigenvalue weighted by atomic mass is 10.0. The molecule has 0 spiro atoms. The largest absolute Gasteiger partial charge is 0.309 e. The van der Waals surface area contributed by atoms with Crippen molar-refractivity contribution in [2.24, 2.45) is 0 Å². The normalized spacial score (nSPS) is 21.3. The van der Waals surface area contributed by atoms with Gasteiger partial charge in [-0.25, -0.2) is 4.39 Å². The van der Waals surface area contributed by atoms with Crippen LogP contribution in [-0.2, 0) is 0 Å². The van der Waals surface area contributed by atoms with Gasteiger partial charge in [-0.05, 0) is 37.1 Å². The topological polar surface area (TPSA) is 12.0 Å². The van der Waals surface area contributed by atoms with Gasteiger partial charge < -0.3 is 5.32 Å². The predicted octanol–water partition coefficient (Wildman–Crippen LogP) is 4.02. The molecule has 0 bridgehead atoms. The van der Waals surface area contributed by atoms with E-state index in [-0.39, 0.29) is 11.9 Å². The highest BCUT2D eigenvalue weighted by atomic mass is 32.2. The van der Waals surface area contributed by atoms with E-state index in [2.05, 4.69) is 18.3 Å². The Morgan fingerprint density at radius 3 is 2.89 bits per heavy atom. The van der Waals surface area contributed by atoms with E-state index >= 15 is 0 Å². The van der Waals surface area contributed by atoms with Crippen LogP contribution in [0, 0.1) is 12.7 Å². The van der Waals surface area contributed by atoms with Crippen molar-refractivity contribution in [1.82, 2.24) is 5.32 Å². The Morgan fingerprint density at radius 1 is 1.42 bits per heavy atom. The molecule has 0 amide bonds. The minimum absolute atomic E-state index is 0.0886. The Morgan fingerprint density at radius 2 is 2.26 bits per heavy atom. The van der Waals surface area contributed by atoms with Gasteiger partial charge in [0.15, 0.2) is 0 Å². The van der Waals surface area contributed by atoms with E-state index in [4.69, 9.17) is 0 Å². The Kier molecular flexibility index (Phi) is 6.05. The summed E-state index contributed by atoms with van der Waals surface area (Å²) in [6, 6.07) is 5.95. The average Bonchev–Trinajstić information content (AvgIpc) is 2.44. The Hall–Kier alpha value is -0.190. The zero-order valence-electron chi connectivity index (χ0n) is 11.6. The van der Waals surface area contributed by atoms with Crippen molar-refractivity contribution in [1.29, 1.82) is 0 Å². The van der Waals surface area contributed by atoms with E-state index in [0.29, 0.717) is 5.25 Å². The van der Waals surface area contributed by atoms with Gasteiger partial charge in [-0.15, -0.1) is 0 Å². The van der Waals surface area contributed by atoms with Gasteiger partial charge in [0.25, 0.3) is 0 Å². The lowest BCUT2D eigenvalue weighted by Gasteiger charge is -2.31. The first-order valence-corrected chi connectivity index (χ1v) is 9.11. The second-order valence-electron chi connectivity index (χ2n) is 4.92. The summed E-state index contributed by atoms with van der Waals surface area (Å²) in [5, 5.41) is 4.15. The van der Waals surface area contributed by atoms with Gasteiger partial charge in [0.05, 0.1) is 0 Å². The quantitative estimate of drug-likeness (QED) is 0.882. The first-order chi connectivity index (χ1) is 9.22. The molecule has 2 atom stereocenters. The van der Waals surface area contributed by atoms with Crippen molar-refractivity contribution < 1.29 is 4.39 Å². The Balaban J connectivity index is 2.17. The van der Waals surface area contributed by atoms with Crippen molar-refractivity contribution >= 4 is 23.5 Å². The first kappa shape index (κ1) is 15.2. The third-order valence-electron chi connectivity index (χ3n) is 3.38. The molecule has 19 heavy (non-hydrogen) atoms. The third kappa shape index (κ3) is 4.14. The van der Waals surface area contributed by atoms with Gasteiger partial charge >= 0.3 is 0 Å². The van der Waals surface area contributed by atoms with Crippen molar-refractivity contribution in [3.63, 3.8) is 0 Å². The van der Waals surface area contributed by atoms with Crippen LogP contribution in [0.3, 0.4) is 0 Å². The summed E-state index contributed by atoms with van der Waals surface area (Å²) in [4.78, 5) is 0. The summed E-state index contributed by atoms with van der Waals surface area (Å²) in [6.45, 7) is 4.98. The molecule has 1 aromatic rings. The number of thioether (sulfide) groups is 2. The molecule has 2 unspecified atom stereocenters. The van der Waals surface area contributed by atoms with E-state index in [1.807, 2.05) is 36.5 Å². The molecule has 2 rings (SSSR count). The fraction of sp³-hybridized carbons (Fsp3) is 0.600. The molecule has 1 fully saturated rings. The van der Waals surface area contributed by atoms with E-state index in [1.54, 1.807) is 6.07 Å². The van der Waals surface area contributed by atoms with Gasteiger partial charge in [-0.3, -0.25) is 0 Å². The van der Waals surface area contributed by atoms with Crippen molar-refractivity contribution in [2.45, 2.75) is 31.6 Å². The molecule has 1 aliphatic heterocycles. The summed E-state index contributed by atoms with van der Waals surface area (Å²) < 4.78 is 13.8. The summed E-state index contributed by atoms with van der Waals surface area (Å²) in [6.07, 6.45) is 1.11. The lowest BCUT2D eigenvalue weighted by Crippen LogP contribution is -2.34. The number of hydrogen-bond donors (Lipinski definition) is 1. The Labute approximate surface area is 124 Å². The van der Waals surface area contributed by atoms with Crippen LogP contribution in [-0.4, -0.2) is 29.1 Å². The number of halogens is 1. The molecule has 4 heteroatoms. The maximum Gasteiger partial charge on any atom is 0.126 e. The molecule has 106 valence electrons. The lowest BCUT2D eigenvalue weighted by molar-refractivity contribution is 0.524. The molecule has 1 nitrogen and oxygen atoms in total. The fourth-order valence-electron chi connectivity index (χ4n) is 2.26. The average molecular weight is 299 g/mol. The zero-order valence-corrected chi connectivity index (χ0v) is 13.2. The number of nitrogens with one attached hydrogen (secondary N) is 1. The van der Waals surface area contributed by atoms with Crippen LogP contribution >= 0.6 is 23.5 Å². The molecule has 1 heterocycles. The second kappa shape index (κ2) is 7.55. The highest BCUT2D eigenvalue weighted by Gasteiger charge is 2.25. The highest BCUT2D eigenvalue weighted by Crippen LogP contribution is 2.34. The van der Waals surface area contributed by atoms with Crippen LogP contribution < -0.4 is 5.32 Å². The standard InChI is InChI=1S/C15H22FNS2/c1-3-6-17-15(14-10-18-7-8-19-14)12-5-4-11(2)13(16)9-12/h4-5,9,14-15,17H,3,6-8,10H2,1-2H3. The summed E-state index contributed by atoms with van der Waals surface area (Å²) in [5.41, 5.74) is 1.82. The van der Waals surface area contributed by atoms with Crippen molar-refractivity contribution in [3.8, 4) is 0 Å². The van der Waals surface area contributed by atoms with Gasteiger partial charge in [0, 0.05) is 28.6 Å². The number of benzene rings is 1. The van der Waals surface area contributed by atoms with Crippen LogP contribution in [0.5, 0.6) is 0 Å². The van der Waals surface area contributed by atoms with Crippen molar-refractivity contribution in [3.05, 3.63) is 35.1 Å². The minimum Gasteiger partial charge on any atom is -0.309 e. The maximum absolute atomic E-state index is 13.8. The molecular weight excluding hydrogens is 277 g/mol. The molecule has 0 aliphatic carbocycles. The van der Waals surface area contributed by atoms with Crippen LogP contribution in [0.1, 0.15) is 30.5 Å². The van der Waals surface area contributed by atoms with Crippen LogP contribution in [0.2, 0.25) is 0 Å². The molecule has 1 aromatic carbocycles. The van der Waals surface area contributed by atoms with Gasteiger partial charge in [-0.1, -0.05) is 19.1 Å². The molecule has 1 aliphatic rings. The number of aryl methyl sites for hydroxylation is 1. The molecule has 0 saturated carbocycles. The highest BCUT2D eigenvalue weighted by molar-refractivity contribution is 8.06. The second-order valence-corrected chi connectivity index (χ2v) is 7.42. The smallest absolute Gasteiger partial charge is 0.126 e. The molecular formula is C15H22FNS2. The van der Waals surface area contributed by atoms with E-state index in [9.17, 15) is 4.39 Å². The zero-order chi connectivity index (χ0) is 13.7. The van der Waals surface area contributed by atoms with E-state index in [1.165, 1.54) is 11.5 Å². The number of rotatable bonds is 5. The van der Waals surface area contributed by atoms with Gasteiger partial charge in [-0.2, -0.15) is 23.5 Å². The summed E-state index contributed by atoms with van der Waals surface area (Å²) >= 11 is 4.03. The van der Waals surface area contributed by atoms with Gasteiger partial charge in [0.2, 0.25) is 0 Å². The SMILES string of the molecule is CCCNC(c1ccc(C)c(F)c1)C1CSCCS1. The minimum atomic E-state index is -0.0886. The maximum atomic E-state index is 13.8. The number of hydrogen-bond acceptors (Lipinski definition) is 3. The van der Waals surface area contributed by atoms with Crippen LogP contribution in [0.25, 0.3) is 0 Å². The third-order valence-corrected chi connectivity index (χ3v) is 6.25.